The average Bonchev–Trinajstić information content (AvgIpc) is 3.52. The monoisotopic (exact) mass is 413 g/mol. The molecule has 1 aliphatic heterocycles. The van der Waals surface area contributed by atoms with Crippen LogP contribution in [0.4, 0.5) is 5.69 Å². The minimum atomic E-state index is -0.164. The zero-order chi connectivity index (χ0) is 21.4. The number of amides is 2. The predicted octanol–water partition coefficient (Wildman–Crippen LogP) is 5.47. The normalized spacial score (nSPS) is 32.5. The molecule has 1 saturated heterocycles. The van der Waals surface area contributed by atoms with E-state index in [9.17, 15) is 9.59 Å². The van der Waals surface area contributed by atoms with E-state index in [0.29, 0.717) is 29.2 Å². The van der Waals surface area contributed by atoms with Crippen LogP contribution in [-0.4, -0.2) is 11.8 Å². The van der Waals surface area contributed by atoms with Gasteiger partial charge in [-0.2, -0.15) is 0 Å². The van der Waals surface area contributed by atoms with Crippen molar-refractivity contribution in [3.8, 4) is 11.5 Å². The Hall–Kier alpha value is -2.88. The molecule has 4 nitrogen and oxygen atoms in total. The van der Waals surface area contributed by atoms with Crippen molar-refractivity contribution in [1.82, 2.24) is 0 Å². The minimum Gasteiger partial charge on any atom is -0.457 e. The Morgan fingerprint density at radius 2 is 1.52 bits per heavy atom. The number of nitrogens with zero attached hydrogens (tertiary/aromatic N) is 1. The fourth-order valence-electron chi connectivity index (χ4n) is 6.21. The first-order valence-electron chi connectivity index (χ1n) is 11.4. The standard InChI is InChI=1S/C27H27NO3/c1-14(2)18-9-4-15(3)12-23(18)31-17-7-5-16(6-8-17)28-26(29)24-19-10-11-20(22-13-21(19)22)25(24)27(28)30/h4-12,14,19-22,24-25H,13H2,1-3H3. The number of allylic oxidation sites excluding steroid dienone is 2. The number of rotatable bonds is 4. The second-order valence-corrected chi connectivity index (χ2v) is 9.96. The lowest BCUT2D eigenvalue weighted by atomic mass is 9.63. The van der Waals surface area contributed by atoms with Crippen LogP contribution in [0.5, 0.6) is 11.5 Å². The third-order valence-corrected chi connectivity index (χ3v) is 7.78. The molecule has 0 radical (unpaired) electrons. The van der Waals surface area contributed by atoms with E-state index in [1.807, 2.05) is 24.3 Å². The molecular formula is C27H27NO3. The largest absolute Gasteiger partial charge is 0.457 e. The fraction of sp³-hybridized carbons (Fsp3) is 0.407. The summed E-state index contributed by atoms with van der Waals surface area (Å²) in [6.07, 6.45) is 5.60. The lowest BCUT2D eigenvalue weighted by Gasteiger charge is -2.37. The van der Waals surface area contributed by atoms with E-state index in [4.69, 9.17) is 4.74 Å². The van der Waals surface area contributed by atoms with Gasteiger partial charge in [-0.25, -0.2) is 0 Å². The Kier molecular flexibility index (Phi) is 3.99. The highest BCUT2D eigenvalue weighted by molar-refractivity contribution is 6.22. The van der Waals surface area contributed by atoms with E-state index in [1.54, 1.807) is 0 Å². The SMILES string of the molecule is Cc1ccc(C(C)C)c(Oc2ccc(N3C(=O)C4C5C=CC(C6CC56)C4C3=O)cc2)c1. The molecule has 2 saturated carbocycles. The Morgan fingerprint density at radius 1 is 0.903 bits per heavy atom. The highest BCUT2D eigenvalue weighted by Crippen LogP contribution is 2.65. The molecule has 0 N–H and O–H groups in total. The number of anilines is 1. The summed E-state index contributed by atoms with van der Waals surface area (Å²) in [5.41, 5.74) is 2.96. The molecule has 0 spiro atoms. The van der Waals surface area contributed by atoms with Gasteiger partial charge in [-0.05, 0) is 84.4 Å². The third kappa shape index (κ3) is 2.73. The highest BCUT2D eigenvalue weighted by atomic mass is 16.5. The van der Waals surface area contributed by atoms with Crippen LogP contribution in [0.1, 0.15) is 37.3 Å². The van der Waals surface area contributed by atoms with Crippen molar-refractivity contribution >= 4 is 17.5 Å². The van der Waals surface area contributed by atoms with Gasteiger partial charge in [0.2, 0.25) is 11.8 Å². The number of ether oxygens (including phenoxy) is 1. The van der Waals surface area contributed by atoms with Gasteiger partial charge in [-0.1, -0.05) is 38.1 Å². The molecule has 4 aliphatic carbocycles. The molecule has 2 aromatic rings. The number of hydrogen-bond donors (Lipinski definition) is 0. The lowest BCUT2D eigenvalue weighted by molar-refractivity contribution is -0.124. The maximum Gasteiger partial charge on any atom is 0.238 e. The van der Waals surface area contributed by atoms with Crippen molar-refractivity contribution in [3.05, 3.63) is 65.7 Å². The zero-order valence-electron chi connectivity index (χ0n) is 18.1. The summed E-state index contributed by atoms with van der Waals surface area (Å²) in [6, 6.07) is 13.6. The van der Waals surface area contributed by atoms with Crippen LogP contribution in [0, 0.1) is 42.4 Å². The van der Waals surface area contributed by atoms with E-state index in [-0.39, 0.29) is 35.5 Å². The van der Waals surface area contributed by atoms with Crippen LogP contribution in [0.15, 0.2) is 54.6 Å². The molecule has 158 valence electrons. The van der Waals surface area contributed by atoms with Gasteiger partial charge in [-0.3, -0.25) is 14.5 Å². The Bertz CT molecular complexity index is 1080. The molecule has 1 heterocycles. The molecule has 2 bridgehead atoms. The minimum absolute atomic E-state index is 0.0193. The Morgan fingerprint density at radius 3 is 2.10 bits per heavy atom. The third-order valence-electron chi connectivity index (χ3n) is 7.78. The van der Waals surface area contributed by atoms with E-state index in [1.165, 1.54) is 11.3 Å². The van der Waals surface area contributed by atoms with Crippen LogP contribution < -0.4 is 9.64 Å². The molecule has 0 aromatic heterocycles. The Balaban J connectivity index is 1.26. The lowest BCUT2D eigenvalue weighted by Crippen LogP contribution is -2.40. The van der Waals surface area contributed by atoms with Gasteiger partial charge in [0.05, 0.1) is 17.5 Å². The highest BCUT2D eigenvalue weighted by Gasteiger charge is 2.67. The summed E-state index contributed by atoms with van der Waals surface area (Å²) in [5, 5.41) is 0. The van der Waals surface area contributed by atoms with Gasteiger partial charge < -0.3 is 4.74 Å². The van der Waals surface area contributed by atoms with E-state index in [2.05, 4.69) is 51.1 Å². The first-order chi connectivity index (χ1) is 14.9. The molecule has 2 aromatic carbocycles. The summed E-state index contributed by atoms with van der Waals surface area (Å²) in [4.78, 5) is 28.0. The molecule has 3 fully saturated rings. The van der Waals surface area contributed by atoms with Gasteiger partial charge in [0.15, 0.2) is 0 Å². The zero-order valence-corrected chi connectivity index (χ0v) is 18.1. The molecule has 6 unspecified atom stereocenters. The van der Waals surface area contributed by atoms with Gasteiger partial charge in [0.25, 0.3) is 0 Å². The maximum absolute atomic E-state index is 13.3. The molecular weight excluding hydrogens is 386 g/mol. The average molecular weight is 414 g/mol. The number of hydrogen-bond acceptors (Lipinski definition) is 3. The van der Waals surface area contributed by atoms with Crippen molar-refractivity contribution in [3.63, 3.8) is 0 Å². The van der Waals surface area contributed by atoms with Crippen LogP contribution in [0.3, 0.4) is 0 Å². The summed E-state index contributed by atoms with van der Waals surface area (Å²) in [7, 11) is 0. The predicted molar refractivity (Wildman–Crippen MR) is 119 cm³/mol. The van der Waals surface area contributed by atoms with E-state index < -0.39 is 0 Å². The van der Waals surface area contributed by atoms with Crippen molar-refractivity contribution in [2.45, 2.75) is 33.1 Å². The van der Waals surface area contributed by atoms with Crippen molar-refractivity contribution < 1.29 is 14.3 Å². The molecule has 4 heteroatoms. The Labute approximate surface area is 182 Å². The number of aryl methyl sites for hydroxylation is 1. The number of carbonyl (C=O) groups excluding carboxylic acids is 2. The van der Waals surface area contributed by atoms with Gasteiger partial charge in [0, 0.05) is 0 Å². The van der Waals surface area contributed by atoms with Crippen molar-refractivity contribution in [2.24, 2.45) is 35.5 Å². The summed E-state index contributed by atoms with van der Waals surface area (Å²) in [6.45, 7) is 6.35. The smallest absolute Gasteiger partial charge is 0.238 e. The van der Waals surface area contributed by atoms with Crippen molar-refractivity contribution in [2.75, 3.05) is 4.90 Å². The molecule has 2 amide bonds. The second kappa shape index (κ2) is 6.56. The topological polar surface area (TPSA) is 46.6 Å². The quantitative estimate of drug-likeness (QED) is 0.493. The number of carbonyl (C=O) groups is 2. The second-order valence-electron chi connectivity index (χ2n) is 9.96. The fourth-order valence-corrected chi connectivity index (χ4v) is 6.21. The van der Waals surface area contributed by atoms with Crippen LogP contribution in [0.2, 0.25) is 0 Å². The van der Waals surface area contributed by atoms with Crippen LogP contribution in [-0.2, 0) is 9.59 Å². The first kappa shape index (κ1) is 18.9. The number of benzene rings is 2. The van der Waals surface area contributed by atoms with E-state index in [0.717, 1.165) is 16.9 Å². The van der Waals surface area contributed by atoms with Crippen molar-refractivity contribution in [1.29, 1.82) is 0 Å². The molecule has 6 atom stereocenters. The van der Waals surface area contributed by atoms with Crippen LogP contribution in [0.25, 0.3) is 0 Å². The summed E-state index contributed by atoms with van der Waals surface area (Å²) in [5.74, 6) is 3.28. The first-order valence-corrected chi connectivity index (χ1v) is 11.4. The molecule has 7 rings (SSSR count). The van der Waals surface area contributed by atoms with E-state index >= 15 is 0 Å². The summed E-state index contributed by atoms with van der Waals surface area (Å²) < 4.78 is 6.18. The van der Waals surface area contributed by atoms with Gasteiger partial charge >= 0.3 is 0 Å². The molecule has 31 heavy (non-hydrogen) atoms. The number of imide groups is 1. The van der Waals surface area contributed by atoms with Gasteiger partial charge in [0.1, 0.15) is 11.5 Å². The molecule has 5 aliphatic rings. The summed E-state index contributed by atoms with van der Waals surface area (Å²) >= 11 is 0. The maximum atomic E-state index is 13.3. The van der Waals surface area contributed by atoms with Crippen LogP contribution >= 0.6 is 0 Å². The van der Waals surface area contributed by atoms with Gasteiger partial charge in [-0.15, -0.1) is 0 Å².